The second-order valence-corrected chi connectivity index (χ2v) is 18.3. The molecule has 0 N–H and O–H groups in total. The Morgan fingerprint density at radius 1 is 0.717 bits per heavy atom. The van der Waals surface area contributed by atoms with Gasteiger partial charge in [-0.05, 0) is 18.2 Å². The SMILES string of the molecule is O=C(OCC(Cl)(Cl)Cl)O[C@@H]1[C@@H](OC(=O)OCC(Cl)(Cl)Cl)[C@H](C([N+](=O)[O-])S(=O)(=O)c2ccccc2)C=C[C@H]1OC(=O)OCC(Cl)(Cl)Cl. The summed E-state index contributed by atoms with van der Waals surface area (Å²) >= 11 is 50.1. The van der Waals surface area contributed by atoms with Crippen molar-refractivity contribution in [3.8, 4) is 0 Å². The zero-order valence-corrected chi connectivity index (χ0v) is 29.7. The molecule has 24 heteroatoms. The maximum atomic E-state index is 13.5. The van der Waals surface area contributed by atoms with Crippen molar-refractivity contribution in [3.63, 3.8) is 0 Å². The second kappa shape index (κ2) is 16.9. The molecule has 0 saturated heterocycles. The minimum atomic E-state index is -4.90. The molecular weight excluding hydrogens is 837 g/mol. The molecule has 1 aromatic rings. The number of sulfone groups is 1. The van der Waals surface area contributed by atoms with Crippen LogP contribution >= 0.6 is 104 Å². The van der Waals surface area contributed by atoms with Gasteiger partial charge in [0.25, 0.3) is 0 Å². The molecular formula is C22H18Cl9NO13S. The van der Waals surface area contributed by atoms with E-state index in [-0.39, 0.29) is 0 Å². The van der Waals surface area contributed by atoms with Crippen LogP contribution in [0, 0.1) is 16.0 Å². The predicted molar refractivity (Wildman–Crippen MR) is 167 cm³/mol. The topological polar surface area (TPSA) is 184 Å². The van der Waals surface area contributed by atoms with E-state index in [1.165, 1.54) is 18.2 Å². The molecule has 46 heavy (non-hydrogen) atoms. The van der Waals surface area contributed by atoms with Gasteiger partial charge in [-0.1, -0.05) is 129 Å². The van der Waals surface area contributed by atoms with E-state index in [1.807, 2.05) is 0 Å². The maximum absolute atomic E-state index is 13.5. The van der Waals surface area contributed by atoms with E-state index in [9.17, 15) is 32.9 Å². The third-order valence-electron chi connectivity index (χ3n) is 5.23. The first-order chi connectivity index (χ1) is 21.0. The lowest BCUT2D eigenvalue weighted by Gasteiger charge is -2.37. The average molecular weight is 856 g/mol. The van der Waals surface area contributed by atoms with Crippen molar-refractivity contribution in [2.45, 2.75) is 40.0 Å². The van der Waals surface area contributed by atoms with Crippen molar-refractivity contribution < 1.29 is 56.1 Å². The summed E-state index contributed by atoms with van der Waals surface area (Å²) in [4.78, 5) is 48.3. The fraction of sp³-hybridized carbons (Fsp3) is 0.500. The van der Waals surface area contributed by atoms with E-state index in [1.54, 1.807) is 0 Å². The van der Waals surface area contributed by atoms with E-state index in [0.29, 0.717) is 0 Å². The van der Waals surface area contributed by atoms with Crippen molar-refractivity contribution in [1.82, 2.24) is 0 Å². The minimum absolute atomic E-state index is 0.504. The number of alkyl halides is 9. The second-order valence-electron chi connectivity index (χ2n) is 8.71. The van der Waals surface area contributed by atoms with Gasteiger partial charge in [-0.2, -0.15) is 0 Å². The van der Waals surface area contributed by atoms with Crippen molar-refractivity contribution >= 4 is 133 Å². The van der Waals surface area contributed by atoms with Gasteiger partial charge in [-0.25, -0.2) is 22.8 Å². The molecule has 5 atom stereocenters. The molecule has 0 bridgehead atoms. The number of rotatable bonds is 10. The van der Waals surface area contributed by atoms with Crippen LogP contribution in [0.2, 0.25) is 0 Å². The summed E-state index contributed by atoms with van der Waals surface area (Å²) in [6.45, 7) is -2.67. The fourth-order valence-electron chi connectivity index (χ4n) is 3.57. The Kier molecular flexibility index (Phi) is 15.0. The summed E-state index contributed by atoms with van der Waals surface area (Å²) in [5.41, 5.74) is 0. The number of nitro groups is 1. The molecule has 0 amide bonds. The quantitative estimate of drug-likeness (QED) is 0.0591. The lowest BCUT2D eigenvalue weighted by molar-refractivity contribution is -0.507. The summed E-state index contributed by atoms with van der Waals surface area (Å²) in [5, 5.41) is 9.71. The number of carbonyl (C=O) groups is 3. The van der Waals surface area contributed by atoms with E-state index < -0.39 is 98.9 Å². The molecule has 0 radical (unpaired) electrons. The van der Waals surface area contributed by atoms with E-state index in [2.05, 4.69) is 4.74 Å². The lowest BCUT2D eigenvalue weighted by Crippen LogP contribution is -2.55. The first-order valence-electron chi connectivity index (χ1n) is 11.8. The minimum Gasteiger partial charge on any atom is -0.430 e. The number of benzene rings is 1. The monoisotopic (exact) mass is 851 g/mol. The molecule has 0 fully saturated rings. The van der Waals surface area contributed by atoms with Crippen molar-refractivity contribution in [3.05, 3.63) is 52.6 Å². The zero-order chi connectivity index (χ0) is 35.1. The molecule has 14 nitrogen and oxygen atoms in total. The molecule has 1 aliphatic rings. The van der Waals surface area contributed by atoms with Crippen LogP contribution in [0.5, 0.6) is 0 Å². The summed E-state index contributed by atoms with van der Waals surface area (Å²) in [7, 11) is -4.90. The van der Waals surface area contributed by atoms with Crippen LogP contribution in [-0.2, 0) is 38.3 Å². The van der Waals surface area contributed by atoms with Crippen LogP contribution in [0.25, 0.3) is 0 Å². The van der Waals surface area contributed by atoms with Gasteiger partial charge in [0.2, 0.25) is 21.2 Å². The Morgan fingerprint density at radius 2 is 1.13 bits per heavy atom. The Labute approximate surface area is 305 Å². The molecule has 1 aromatic carbocycles. The van der Waals surface area contributed by atoms with E-state index in [4.69, 9.17) is 128 Å². The molecule has 1 unspecified atom stereocenters. The Bertz CT molecular complexity index is 1380. The Balaban J connectivity index is 2.64. The zero-order valence-electron chi connectivity index (χ0n) is 22.1. The number of halogens is 9. The first-order valence-corrected chi connectivity index (χ1v) is 16.8. The van der Waals surface area contributed by atoms with Crippen molar-refractivity contribution in [2.24, 2.45) is 5.92 Å². The highest BCUT2D eigenvalue weighted by molar-refractivity contribution is 7.91. The molecule has 0 aromatic heterocycles. The van der Waals surface area contributed by atoms with Crippen LogP contribution < -0.4 is 0 Å². The number of hydrogen-bond acceptors (Lipinski definition) is 13. The van der Waals surface area contributed by atoms with Crippen LogP contribution in [0.4, 0.5) is 14.4 Å². The van der Waals surface area contributed by atoms with Crippen LogP contribution in [0.3, 0.4) is 0 Å². The van der Waals surface area contributed by atoms with Gasteiger partial charge >= 0.3 is 23.8 Å². The number of carbonyl (C=O) groups excluding carboxylic acids is 3. The Hall–Kier alpha value is -1.27. The number of hydrogen-bond donors (Lipinski definition) is 0. The summed E-state index contributed by atoms with van der Waals surface area (Å²) in [5.74, 6) is -2.00. The highest BCUT2D eigenvalue weighted by atomic mass is 35.6. The highest BCUT2D eigenvalue weighted by Gasteiger charge is 2.55. The molecule has 1 aliphatic carbocycles. The number of nitrogens with zero attached hydrogens (tertiary/aromatic N) is 1. The van der Waals surface area contributed by atoms with Gasteiger partial charge in [-0.3, -0.25) is 10.1 Å². The molecule has 258 valence electrons. The normalized spacial score (nSPS) is 21.0. The molecule has 0 saturated carbocycles. The van der Waals surface area contributed by atoms with E-state index in [0.717, 1.165) is 24.3 Å². The van der Waals surface area contributed by atoms with Crippen LogP contribution in [0.1, 0.15) is 0 Å². The fourth-order valence-corrected chi connectivity index (χ4v) is 5.77. The third-order valence-corrected chi connectivity index (χ3v) is 8.27. The summed E-state index contributed by atoms with van der Waals surface area (Å²) in [6, 6.07) is 6.17. The van der Waals surface area contributed by atoms with Gasteiger partial charge in [0, 0.05) is 4.92 Å². The van der Waals surface area contributed by atoms with Crippen molar-refractivity contribution in [1.29, 1.82) is 0 Å². The van der Waals surface area contributed by atoms with Gasteiger partial charge in [0.05, 0.1) is 4.90 Å². The standard InChI is InChI=1S/C22H18Cl9NO13S/c23-20(24,25)8-40-17(33)43-13-7-6-12(16(32(36)37)46(38,39)11-4-2-1-3-5-11)14(44-18(34)41-9-21(26,27)28)15(13)45-19(35)42-10-22(29,30)31/h1-7,12-16H,8-10H2/t12-,13-,14+,15+,16?/m1/s1. The maximum Gasteiger partial charge on any atom is 0.509 e. The summed E-state index contributed by atoms with van der Waals surface area (Å²) < 4.78 is 50.1. The van der Waals surface area contributed by atoms with Crippen LogP contribution in [0.15, 0.2) is 47.4 Å². The average Bonchev–Trinajstić information content (AvgIpc) is 2.91. The van der Waals surface area contributed by atoms with Gasteiger partial charge in [-0.15, -0.1) is 0 Å². The third kappa shape index (κ3) is 13.7. The number of ether oxygens (including phenoxy) is 6. The van der Waals surface area contributed by atoms with Crippen molar-refractivity contribution in [2.75, 3.05) is 19.8 Å². The Morgan fingerprint density at radius 3 is 1.54 bits per heavy atom. The first kappa shape index (κ1) is 40.9. The highest BCUT2D eigenvalue weighted by Crippen LogP contribution is 2.36. The van der Waals surface area contributed by atoms with Gasteiger partial charge in [0.15, 0.2) is 18.3 Å². The lowest BCUT2D eigenvalue weighted by atomic mass is 9.88. The van der Waals surface area contributed by atoms with Gasteiger partial charge in [0.1, 0.15) is 25.7 Å². The molecule has 2 rings (SSSR count). The smallest absolute Gasteiger partial charge is 0.430 e. The molecule has 0 heterocycles. The predicted octanol–water partition coefficient (Wildman–Crippen LogP) is 6.93. The van der Waals surface area contributed by atoms with Gasteiger partial charge < -0.3 is 28.4 Å². The largest absolute Gasteiger partial charge is 0.509 e. The van der Waals surface area contributed by atoms with Crippen LogP contribution in [-0.4, -0.2) is 86.7 Å². The molecule has 0 spiro atoms. The van der Waals surface area contributed by atoms with E-state index >= 15 is 0 Å². The molecule has 0 aliphatic heterocycles. The summed E-state index contributed by atoms with van der Waals surface area (Å²) in [6.07, 6.45) is -9.41.